The normalized spacial score (nSPS) is 25.6. The van der Waals surface area contributed by atoms with Gasteiger partial charge in [0.15, 0.2) is 6.10 Å². The number of esters is 1. The quantitative estimate of drug-likeness (QED) is 0.409. The van der Waals surface area contributed by atoms with E-state index >= 15 is 0 Å². The first-order valence-electron chi connectivity index (χ1n) is 11.1. The molecular weight excluding hydrogens is 428 g/mol. The fourth-order valence-electron chi connectivity index (χ4n) is 5.29. The highest BCUT2D eigenvalue weighted by molar-refractivity contribution is 7.12. The van der Waals surface area contributed by atoms with Gasteiger partial charge in [-0.05, 0) is 35.0 Å². The first-order valence-corrected chi connectivity index (χ1v) is 12.8. The van der Waals surface area contributed by atoms with Crippen LogP contribution in [0.25, 0.3) is 0 Å². The molecule has 0 amide bonds. The maximum Gasteiger partial charge on any atom is 0.349 e. The lowest BCUT2D eigenvalue weighted by molar-refractivity contribution is -0.946. The fraction of sp³-hybridized carbons (Fsp3) is 0.458. The van der Waals surface area contributed by atoms with Crippen molar-refractivity contribution in [2.24, 2.45) is 5.92 Å². The zero-order valence-corrected chi connectivity index (χ0v) is 19.2. The monoisotopic (exact) mass is 457 g/mol. The van der Waals surface area contributed by atoms with E-state index in [0.29, 0.717) is 15.7 Å². The average Bonchev–Trinajstić information content (AvgIpc) is 3.58. The van der Waals surface area contributed by atoms with Crippen LogP contribution in [-0.2, 0) is 21.7 Å². The standard InChI is InChI=1S/C24H29N2O3S2/c27-23(24(28,21-6-3-16-30-21)22-7-4-17-31-22)29-20-18-26(14-8-19(20)9-15-26)13-5-12-25-10-1-2-11-25/h1-4,6-7,10-11,16-17,19-20,28H,5,8-9,12-15,18H2/q+1. The van der Waals surface area contributed by atoms with Crippen molar-refractivity contribution >= 4 is 28.6 Å². The third-order valence-electron chi connectivity index (χ3n) is 7.07. The number of rotatable bonds is 8. The van der Waals surface area contributed by atoms with Crippen LogP contribution in [0.1, 0.15) is 29.0 Å². The SMILES string of the molecule is O=C(OC1C[N+]2(CCCn3cccc3)CCC1CC2)C(O)(c1cccs1)c1cccs1. The number of thiophene rings is 2. The van der Waals surface area contributed by atoms with Crippen LogP contribution in [-0.4, -0.2) is 52.4 Å². The van der Waals surface area contributed by atoms with Crippen molar-refractivity contribution in [3.8, 4) is 0 Å². The lowest BCUT2D eigenvalue weighted by Crippen LogP contribution is -2.65. The van der Waals surface area contributed by atoms with Gasteiger partial charge in [0.25, 0.3) is 0 Å². The minimum absolute atomic E-state index is 0.118. The van der Waals surface area contributed by atoms with Crippen LogP contribution in [0.15, 0.2) is 59.6 Å². The maximum atomic E-state index is 13.4. The second kappa shape index (κ2) is 8.54. The van der Waals surface area contributed by atoms with E-state index in [4.69, 9.17) is 4.74 Å². The Labute approximate surface area is 191 Å². The summed E-state index contributed by atoms with van der Waals surface area (Å²) in [5.41, 5.74) is -1.71. The molecular formula is C24H29N2O3S2+. The average molecular weight is 458 g/mol. The van der Waals surface area contributed by atoms with Crippen molar-refractivity contribution in [3.63, 3.8) is 0 Å². The Kier molecular flexibility index (Phi) is 5.77. The van der Waals surface area contributed by atoms with Gasteiger partial charge in [0.2, 0.25) is 5.60 Å². The summed E-state index contributed by atoms with van der Waals surface area (Å²) in [6, 6.07) is 11.5. The van der Waals surface area contributed by atoms with Crippen LogP contribution in [0, 0.1) is 5.92 Å². The summed E-state index contributed by atoms with van der Waals surface area (Å²) in [6.45, 7) is 5.35. The van der Waals surface area contributed by atoms with E-state index in [1.54, 1.807) is 0 Å². The summed E-state index contributed by atoms with van der Waals surface area (Å²) in [4.78, 5) is 14.7. The second-order valence-corrected chi connectivity index (χ2v) is 10.8. The third-order valence-corrected chi connectivity index (χ3v) is 9.02. The minimum atomic E-state index is -1.71. The van der Waals surface area contributed by atoms with E-state index in [9.17, 15) is 9.90 Å². The zero-order valence-electron chi connectivity index (χ0n) is 17.6. The molecule has 6 heterocycles. The Morgan fingerprint density at radius 2 is 1.74 bits per heavy atom. The number of piperidine rings is 3. The predicted molar refractivity (Wildman–Crippen MR) is 123 cm³/mol. The largest absolute Gasteiger partial charge is 0.453 e. The van der Waals surface area contributed by atoms with Crippen molar-refractivity contribution < 1.29 is 19.1 Å². The van der Waals surface area contributed by atoms with Crippen molar-refractivity contribution in [2.75, 3.05) is 26.2 Å². The molecule has 0 radical (unpaired) electrons. The summed E-state index contributed by atoms with van der Waals surface area (Å²) in [6.07, 6.45) is 7.42. The van der Waals surface area contributed by atoms with E-state index in [1.807, 2.05) is 35.0 Å². The number of fused-ring (bicyclic) bond motifs is 3. The molecule has 6 rings (SSSR count). The molecule has 164 valence electrons. The summed E-state index contributed by atoms with van der Waals surface area (Å²) >= 11 is 2.78. The van der Waals surface area contributed by atoms with Crippen LogP contribution in [0.3, 0.4) is 0 Å². The highest BCUT2D eigenvalue weighted by Gasteiger charge is 2.51. The van der Waals surface area contributed by atoms with Gasteiger partial charge >= 0.3 is 5.97 Å². The summed E-state index contributed by atoms with van der Waals surface area (Å²) < 4.78 is 9.38. The molecule has 7 heteroatoms. The molecule has 2 bridgehead atoms. The number of aryl methyl sites for hydroxylation is 1. The van der Waals surface area contributed by atoms with Crippen molar-refractivity contribution in [1.29, 1.82) is 0 Å². The van der Waals surface area contributed by atoms with Crippen LogP contribution >= 0.6 is 22.7 Å². The molecule has 31 heavy (non-hydrogen) atoms. The zero-order chi connectivity index (χ0) is 21.3. The Morgan fingerprint density at radius 1 is 1.10 bits per heavy atom. The lowest BCUT2D eigenvalue weighted by atomic mass is 9.83. The van der Waals surface area contributed by atoms with Gasteiger partial charge in [-0.25, -0.2) is 4.79 Å². The predicted octanol–water partition coefficient (Wildman–Crippen LogP) is 4.09. The van der Waals surface area contributed by atoms with Crippen LogP contribution in [0.4, 0.5) is 0 Å². The molecule has 0 spiro atoms. The molecule has 3 aromatic heterocycles. The number of hydrogen-bond acceptors (Lipinski definition) is 5. The van der Waals surface area contributed by atoms with Gasteiger partial charge in [-0.1, -0.05) is 12.1 Å². The van der Waals surface area contributed by atoms with E-state index < -0.39 is 11.6 Å². The Hall–Kier alpha value is -1.93. The molecule has 3 fully saturated rings. The number of quaternary nitrogens is 1. The van der Waals surface area contributed by atoms with Gasteiger partial charge < -0.3 is 18.9 Å². The van der Waals surface area contributed by atoms with E-state index in [0.717, 1.165) is 43.4 Å². The molecule has 3 aliphatic heterocycles. The molecule has 0 aliphatic carbocycles. The Bertz CT molecular complexity index is 940. The molecule has 0 saturated carbocycles. The molecule has 0 aromatic carbocycles. The second-order valence-electron chi connectivity index (χ2n) is 8.92. The molecule has 1 N–H and O–H groups in total. The fourth-order valence-corrected chi connectivity index (χ4v) is 7.01. The summed E-state index contributed by atoms with van der Waals surface area (Å²) in [5, 5.41) is 15.3. The van der Waals surface area contributed by atoms with Crippen LogP contribution in [0.5, 0.6) is 0 Å². The van der Waals surface area contributed by atoms with Crippen LogP contribution in [0.2, 0.25) is 0 Å². The van der Waals surface area contributed by atoms with Crippen LogP contribution < -0.4 is 0 Å². The first kappa shape index (κ1) is 20.9. The summed E-state index contributed by atoms with van der Waals surface area (Å²) in [5.74, 6) is -0.119. The molecule has 3 aliphatic rings. The highest BCUT2D eigenvalue weighted by Crippen LogP contribution is 2.40. The molecule has 1 atom stereocenters. The van der Waals surface area contributed by atoms with Gasteiger partial charge in [0.05, 0.1) is 29.4 Å². The Balaban J connectivity index is 1.29. The molecule has 5 nitrogen and oxygen atoms in total. The van der Waals surface area contributed by atoms with Gasteiger partial charge in [0, 0.05) is 44.1 Å². The molecule has 3 aromatic rings. The topological polar surface area (TPSA) is 51.5 Å². The molecule has 3 saturated heterocycles. The van der Waals surface area contributed by atoms with E-state index in [1.165, 1.54) is 35.8 Å². The number of aromatic nitrogens is 1. The first-order chi connectivity index (χ1) is 15.1. The number of carbonyl (C=O) groups is 1. The number of aliphatic hydroxyl groups is 1. The van der Waals surface area contributed by atoms with Crippen molar-refractivity contribution in [2.45, 2.75) is 37.5 Å². The van der Waals surface area contributed by atoms with Crippen molar-refractivity contribution in [3.05, 3.63) is 69.3 Å². The lowest BCUT2D eigenvalue weighted by Gasteiger charge is -2.52. The Morgan fingerprint density at radius 3 is 2.32 bits per heavy atom. The number of hydrogen-bond donors (Lipinski definition) is 1. The van der Waals surface area contributed by atoms with Gasteiger partial charge in [-0.3, -0.25) is 0 Å². The van der Waals surface area contributed by atoms with Gasteiger partial charge in [-0.2, -0.15) is 0 Å². The number of carbonyl (C=O) groups excluding carboxylic acids is 1. The van der Waals surface area contributed by atoms with Crippen molar-refractivity contribution in [1.82, 2.24) is 4.57 Å². The van der Waals surface area contributed by atoms with E-state index in [-0.39, 0.29) is 6.10 Å². The smallest absolute Gasteiger partial charge is 0.349 e. The maximum absolute atomic E-state index is 13.4. The summed E-state index contributed by atoms with van der Waals surface area (Å²) in [7, 11) is 0. The van der Waals surface area contributed by atoms with E-state index in [2.05, 4.69) is 29.1 Å². The third kappa shape index (κ3) is 4.00. The highest BCUT2D eigenvalue weighted by atomic mass is 32.1. The molecule has 1 unspecified atom stereocenters. The van der Waals surface area contributed by atoms with Gasteiger partial charge in [0.1, 0.15) is 6.54 Å². The van der Waals surface area contributed by atoms with Gasteiger partial charge in [-0.15, -0.1) is 22.7 Å². The minimum Gasteiger partial charge on any atom is -0.453 e. The number of ether oxygens (including phenoxy) is 1. The number of nitrogens with zero attached hydrogens (tertiary/aromatic N) is 2.